The molecule has 0 aliphatic carbocycles. The molecule has 4 nitrogen and oxygen atoms in total. The summed E-state index contributed by atoms with van der Waals surface area (Å²) < 4.78 is 27.6. The largest absolute Gasteiger partial charge is 0.467 e. The van der Waals surface area contributed by atoms with E-state index in [2.05, 4.69) is 5.32 Å². The number of hydrogen-bond acceptors (Lipinski definition) is 4. The lowest BCUT2D eigenvalue weighted by Gasteiger charge is -2.18. The average molecular weight is 245 g/mol. The maximum absolute atomic E-state index is 11.1. The van der Waals surface area contributed by atoms with Gasteiger partial charge >= 0.3 is 0 Å². The Morgan fingerprint density at radius 1 is 1.44 bits per heavy atom. The Morgan fingerprint density at radius 2 is 2.06 bits per heavy atom. The van der Waals surface area contributed by atoms with Crippen LogP contribution in [0.5, 0.6) is 0 Å². The van der Waals surface area contributed by atoms with E-state index in [1.165, 1.54) is 6.26 Å². The van der Waals surface area contributed by atoms with Crippen molar-refractivity contribution < 1.29 is 12.8 Å². The van der Waals surface area contributed by atoms with Crippen LogP contribution in [0.1, 0.15) is 31.2 Å². The SMILES string of the molecule is Cc1ccoc1C(C)NC(C)CS(C)(=O)=O. The molecule has 0 amide bonds. The molecule has 92 valence electrons. The van der Waals surface area contributed by atoms with Crippen LogP contribution in [0, 0.1) is 6.92 Å². The van der Waals surface area contributed by atoms with Crippen molar-refractivity contribution in [3.63, 3.8) is 0 Å². The molecule has 1 N–H and O–H groups in total. The van der Waals surface area contributed by atoms with Gasteiger partial charge in [-0.25, -0.2) is 8.42 Å². The standard InChI is InChI=1S/C11H19NO3S/c1-8-5-6-15-11(8)10(3)12-9(2)7-16(4,13)14/h5-6,9-10,12H,7H2,1-4H3. The van der Waals surface area contributed by atoms with Gasteiger partial charge < -0.3 is 9.73 Å². The van der Waals surface area contributed by atoms with Crippen LogP contribution in [-0.2, 0) is 9.84 Å². The molecule has 5 heteroatoms. The summed E-state index contributed by atoms with van der Waals surface area (Å²) in [5.74, 6) is 0.997. The van der Waals surface area contributed by atoms with Crippen molar-refractivity contribution in [3.05, 3.63) is 23.7 Å². The summed E-state index contributed by atoms with van der Waals surface area (Å²) in [6.45, 7) is 5.79. The molecule has 0 spiro atoms. The maximum atomic E-state index is 11.1. The molecule has 1 aromatic heterocycles. The van der Waals surface area contributed by atoms with Crippen LogP contribution in [-0.4, -0.2) is 26.5 Å². The van der Waals surface area contributed by atoms with Crippen molar-refractivity contribution in [1.82, 2.24) is 5.32 Å². The van der Waals surface area contributed by atoms with Crippen molar-refractivity contribution in [1.29, 1.82) is 0 Å². The van der Waals surface area contributed by atoms with E-state index < -0.39 is 9.84 Å². The van der Waals surface area contributed by atoms with Crippen molar-refractivity contribution in [2.24, 2.45) is 0 Å². The fraction of sp³-hybridized carbons (Fsp3) is 0.636. The third-order valence-corrected chi connectivity index (χ3v) is 3.49. The van der Waals surface area contributed by atoms with Crippen molar-refractivity contribution in [2.75, 3.05) is 12.0 Å². The Labute approximate surface area is 97.0 Å². The Balaban J connectivity index is 2.59. The second-order valence-electron chi connectivity index (χ2n) is 4.35. The predicted molar refractivity (Wildman–Crippen MR) is 64.2 cm³/mol. The molecule has 1 aromatic rings. The van der Waals surface area contributed by atoms with E-state index in [9.17, 15) is 8.42 Å². The Morgan fingerprint density at radius 3 is 2.50 bits per heavy atom. The summed E-state index contributed by atoms with van der Waals surface area (Å²) in [5.41, 5.74) is 1.08. The van der Waals surface area contributed by atoms with Gasteiger partial charge in [0.1, 0.15) is 15.6 Å². The average Bonchev–Trinajstić information content (AvgIpc) is 2.47. The van der Waals surface area contributed by atoms with E-state index in [-0.39, 0.29) is 17.8 Å². The fourth-order valence-corrected chi connectivity index (χ4v) is 2.84. The van der Waals surface area contributed by atoms with Gasteiger partial charge in [-0.1, -0.05) is 0 Å². The number of aryl methyl sites for hydroxylation is 1. The molecule has 0 aliphatic rings. The van der Waals surface area contributed by atoms with Crippen LogP contribution < -0.4 is 5.32 Å². The monoisotopic (exact) mass is 245 g/mol. The van der Waals surface area contributed by atoms with E-state index in [1.54, 1.807) is 6.26 Å². The highest BCUT2D eigenvalue weighted by Crippen LogP contribution is 2.18. The molecule has 2 unspecified atom stereocenters. The lowest BCUT2D eigenvalue weighted by atomic mass is 10.1. The Kier molecular flexibility index (Phi) is 4.15. The first kappa shape index (κ1) is 13.3. The number of furan rings is 1. The molecule has 1 rings (SSSR count). The summed E-state index contributed by atoms with van der Waals surface area (Å²) in [7, 11) is -2.94. The van der Waals surface area contributed by atoms with Gasteiger partial charge in [-0.2, -0.15) is 0 Å². The first-order valence-electron chi connectivity index (χ1n) is 5.27. The fourth-order valence-electron chi connectivity index (χ4n) is 1.83. The van der Waals surface area contributed by atoms with E-state index in [1.807, 2.05) is 26.8 Å². The molecule has 0 fully saturated rings. The number of rotatable bonds is 5. The first-order valence-corrected chi connectivity index (χ1v) is 7.33. The number of sulfone groups is 1. The zero-order chi connectivity index (χ0) is 12.3. The molecule has 2 atom stereocenters. The van der Waals surface area contributed by atoms with Crippen LogP contribution in [0.25, 0.3) is 0 Å². The summed E-state index contributed by atoms with van der Waals surface area (Å²) in [5, 5.41) is 3.21. The predicted octanol–water partition coefficient (Wildman–Crippen LogP) is 1.67. The quantitative estimate of drug-likeness (QED) is 0.857. The Hall–Kier alpha value is -0.810. The van der Waals surface area contributed by atoms with Crippen molar-refractivity contribution >= 4 is 9.84 Å². The van der Waals surface area contributed by atoms with Gasteiger partial charge in [0.15, 0.2) is 0 Å². The van der Waals surface area contributed by atoms with E-state index in [4.69, 9.17) is 4.42 Å². The summed E-state index contributed by atoms with van der Waals surface area (Å²) >= 11 is 0. The van der Waals surface area contributed by atoms with Gasteiger partial charge in [-0.05, 0) is 32.4 Å². The molecule has 0 aromatic carbocycles. The smallest absolute Gasteiger partial charge is 0.148 e. The minimum Gasteiger partial charge on any atom is -0.467 e. The second kappa shape index (κ2) is 5.01. The van der Waals surface area contributed by atoms with Crippen LogP contribution in [0.3, 0.4) is 0 Å². The normalized spacial score (nSPS) is 16.0. The lowest BCUT2D eigenvalue weighted by molar-refractivity contribution is 0.406. The molecule has 0 radical (unpaired) electrons. The topological polar surface area (TPSA) is 59.3 Å². The molecule has 0 saturated carbocycles. The van der Waals surface area contributed by atoms with Crippen LogP contribution in [0.15, 0.2) is 16.7 Å². The van der Waals surface area contributed by atoms with Crippen LogP contribution in [0.2, 0.25) is 0 Å². The highest BCUT2D eigenvalue weighted by Gasteiger charge is 2.16. The molecule has 16 heavy (non-hydrogen) atoms. The Bertz CT molecular complexity index is 436. The lowest BCUT2D eigenvalue weighted by Crippen LogP contribution is -2.34. The van der Waals surface area contributed by atoms with E-state index in [0.717, 1.165) is 11.3 Å². The minimum absolute atomic E-state index is 0.0201. The zero-order valence-corrected chi connectivity index (χ0v) is 11.0. The van der Waals surface area contributed by atoms with Gasteiger partial charge in [-0.15, -0.1) is 0 Å². The van der Waals surface area contributed by atoms with Gasteiger partial charge in [0.25, 0.3) is 0 Å². The van der Waals surface area contributed by atoms with Crippen LogP contribution >= 0.6 is 0 Å². The van der Waals surface area contributed by atoms with Crippen LogP contribution in [0.4, 0.5) is 0 Å². The molecule has 0 saturated heterocycles. The highest BCUT2D eigenvalue weighted by atomic mass is 32.2. The highest BCUT2D eigenvalue weighted by molar-refractivity contribution is 7.90. The molecule has 0 aliphatic heterocycles. The van der Waals surface area contributed by atoms with Gasteiger partial charge in [0, 0.05) is 12.3 Å². The van der Waals surface area contributed by atoms with Crippen molar-refractivity contribution in [2.45, 2.75) is 32.9 Å². The molecule has 1 heterocycles. The van der Waals surface area contributed by atoms with E-state index in [0.29, 0.717) is 0 Å². The third kappa shape index (κ3) is 3.98. The second-order valence-corrected chi connectivity index (χ2v) is 6.53. The maximum Gasteiger partial charge on any atom is 0.148 e. The zero-order valence-electron chi connectivity index (χ0n) is 10.1. The molecular formula is C11H19NO3S. The summed E-state index contributed by atoms with van der Waals surface area (Å²) in [6, 6.07) is 1.83. The molecule has 0 bridgehead atoms. The summed E-state index contributed by atoms with van der Waals surface area (Å²) in [4.78, 5) is 0. The first-order chi connectivity index (χ1) is 7.29. The minimum atomic E-state index is -2.94. The molecular weight excluding hydrogens is 226 g/mol. The van der Waals surface area contributed by atoms with Gasteiger partial charge in [-0.3, -0.25) is 0 Å². The van der Waals surface area contributed by atoms with Gasteiger partial charge in [0.05, 0.1) is 18.1 Å². The number of nitrogens with one attached hydrogen (secondary N) is 1. The van der Waals surface area contributed by atoms with Crippen molar-refractivity contribution in [3.8, 4) is 0 Å². The third-order valence-electron chi connectivity index (χ3n) is 2.38. The van der Waals surface area contributed by atoms with E-state index >= 15 is 0 Å². The summed E-state index contributed by atoms with van der Waals surface area (Å²) in [6.07, 6.45) is 2.89. The number of hydrogen-bond donors (Lipinski definition) is 1. The van der Waals surface area contributed by atoms with Gasteiger partial charge in [0.2, 0.25) is 0 Å².